The molecule has 19 heavy (non-hydrogen) atoms. The van der Waals surface area contributed by atoms with Crippen LogP contribution in [0, 0.1) is 0 Å². The van der Waals surface area contributed by atoms with Gasteiger partial charge in [-0.25, -0.2) is 0 Å². The van der Waals surface area contributed by atoms with E-state index in [2.05, 4.69) is 49.5 Å². The standard InChI is InChI=1S/C16H18ClNS/c1-12(2)18-11-13-8-9-14(17)10-16(13)19-15-6-4-3-5-7-15/h3-10,12,18H,11H2,1-2H3. The van der Waals surface area contributed by atoms with Gasteiger partial charge in [0.15, 0.2) is 0 Å². The Bertz CT molecular complexity index is 526. The van der Waals surface area contributed by atoms with Gasteiger partial charge in [-0.05, 0) is 29.8 Å². The van der Waals surface area contributed by atoms with Crippen LogP contribution in [-0.4, -0.2) is 6.04 Å². The minimum atomic E-state index is 0.477. The summed E-state index contributed by atoms with van der Waals surface area (Å²) < 4.78 is 0. The molecule has 0 fully saturated rings. The average molecular weight is 292 g/mol. The minimum absolute atomic E-state index is 0.477. The van der Waals surface area contributed by atoms with Crippen LogP contribution >= 0.6 is 23.4 Å². The third-order valence-corrected chi connectivity index (χ3v) is 4.04. The normalized spacial score (nSPS) is 10.9. The van der Waals surface area contributed by atoms with Gasteiger partial charge in [-0.2, -0.15) is 0 Å². The summed E-state index contributed by atoms with van der Waals surface area (Å²) in [4.78, 5) is 2.45. The number of rotatable bonds is 5. The second-order valence-electron chi connectivity index (χ2n) is 4.70. The van der Waals surface area contributed by atoms with E-state index in [1.54, 1.807) is 11.8 Å². The summed E-state index contributed by atoms with van der Waals surface area (Å²) in [5.74, 6) is 0. The van der Waals surface area contributed by atoms with Crippen LogP contribution in [0.25, 0.3) is 0 Å². The fourth-order valence-corrected chi connectivity index (χ4v) is 2.94. The molecule has 0 radical (unpaired) electrons. The largest absolute Gasteiger partial charge is 0.310 e. The molecule has 100 valence electrons. The summed E-state index contributed by atoms with van der Waals surface area (Å²) >= 11 is 7.87. The van der Waals surface area contributed by atoms with E-state index in [0.29, 0.717) is 6.04 Å². The molecule has 1 nitrogen and oxygen atoms in total. The van der Waals surface area contributed by atoms with Crippen molar-refractivity contribution in [1.82, 2.24) is 5.32 Å². The summed E-state index contributed by atoms with van der Waals surface area (Å²) in [5, 5.41) is 4.24. The Hall–Kier alpha value is -0.960. The van der Waals surface area contributed by atoms with Crippen molar-refractivity contribution in [2.45, 2.75) is 36.2 Å². The highest BCUT2D eigenvalue weighted by atomic mass is 35.5. The van der Waals surface area contributed by atoms with Crippen LogP contribution < -0.4 is 5.32 Å². The van der Waals surface area contributed by atoms with E-state index in [1.807, 2.05) is 18.2 Å². The second kappa shape index (κ2) is 6.99. The lowest BCUT2D eigenvalue weighted by atomic mass is 10.2. The molecule has 0 saturated heterocycles. The zero-order chi connectivity index (χ0) is 13.7. The lowest BCUT2D eigenvalue weighted by Gasteiger charge is -2.13. The van der Waals surface area contributed by atoms with E-state index in [4.69, 9.17) is 11.6 Å². The first kappa shape index (κ1) is 14.4. The zero-order valence-electron chi connectivity index (χ0n) is 11.2. The van der Waals surface area contributed by atoms with Crippen molar-refractivity contribution in [3.63, 3.8) is 0 Å². The molecular weight excluding hydrogens is 274 g/mol. The van der Waals surface area contributed by atoms with Crippen molar-refractivity contribution in [2.75, 3.05) is 0 Å². The van der Waals surface area contributed by atoms with Gasteiger partial charge in [0.2, 0.25) is 0 Å². The highest BCUT2D eigenvalue weighted by Gasteiger charge is 2.06. The molecule has 0 saturated carbocycles. The minimum Gasteiger partial charge on any atom is -0.310 e. The molecule has 0 spiro atoms. The van der Waals surface area contributed by atoms with Crippen molar-refractivity contribution in [2.24, 2.45) is 0 Å². The molecule has 2 aromatic rings. The first-order valence-corrected chi connectivity index (χ1v) is 7.59. The van der Waals surface area contributed by atoms with Gasteiger partial charge in [0, 0.05) is 27.4 Å². The van der Waals surface area contributed by atoms with Crippen molar-refractivity contribution >= 4 is 23.4 Å². The Morgan fingerprint density at radius 3 is 2.53 bits per heavy atom. The van der Waals surface area contributed by atoms with Crippen LogP contribution in [0.15, 0.2) is 58.3 Å². The number of hydrogen-bond acceptors (Lipinski definition) is 2. The van der Waals surface area contributed by atoms with Crippen LogP contribution in [0.4, 0.5) is 0 Å². The van der Waals surface area contributed by atoms with Gasteiger partial charge in [0.05, 0.1) is 0 Å². The summed E-state index contributed by atoms with van der Waals surface area (Å²) in [7, 11) is 0. The SMILES string of the molecule is CC(C)NCc1ccc(Cl)cc1Sc1ccccc1. The average Bonchev–Trinajstić information content (AvgIpc) is 2.39. The molecule has 0 heterocycles. The number of benzene rings is 2. The van der Waals surface area contributed by atoms with Gasteiger partial charge in [0.1, 0.15) is 0 Å². The molecule has 0 aliphatic heterocycles. The Kier molecular flexibility index (Phi) is 5.32. The lowest BCUT2D eigenvalue weighted by molar-refractivity contribution is 0.585. The molecule has 0 aliphatic carbocycles. The molecule has 0 amide bonds. The molecule has 2 rings (SSSR count). The third-order valence-electron chi connectivity index (χ3n) is 2.70. The molecule has 3 heteroatoms. The van der Waals surface area contributed by atoms with E-state index in [1.165, 1.54) is 15.4 Å². The molecule has 0 atom stereocenters. The van der Waals surface area contributed by atoms with E-state index in [-0.39, 0.29) is 0 Å². The van der Waals surface area contributed by atoms with Gasteiger partial charge in [-0.3, -0.25) is 0 Å². The summed E-state index contributed by atoms with van der Waals surface area (Å²) in [6, 6.07) is 16.9. The van der Waals surface area contributed by atoms with E-state index in [0.717, 1.165) is 11.6 Å². The molecule has 0 bridgehead atoms. The Morgan fingerprint density at radius 1 is 1.11 bits per heavy atom. The van der Waals surface area contributed by atoms with Crippen molar-refractivity contribution in [3.8, 4) is 0 Å². The zero-order valence-corrected chi connectivity index (χ0v) is 12.8. The summed E-state index contributed by atoms with van der Waals surface area (Å²) in [6.07, 6.45) is 0. The summed E-state index contributed by atoms with van der Waals surface area (Å²) in [6.45, 7) is 5.17. The second-order valence-corrected chi connectivity index (χ2v) is 6.25. The monoisotopic (exact) mass is 291 g/mol. The molecule has 0 aliphatic rings. The van der Waals surface area contributed by atoms with Gasteiger partial charge in [-0.1, -0.05) is 61.5 Å². The van der Waals surface area contributed by atoms with Gasteiger partial charge in [-0.15, -0.1) is 0 Å². The van der Waals surface area contributed by atoms with Crippen molar-refractivity contribution < 1.29 is 0 Å². The molecule has 0 unspecified atom stereocenters. The summed E-state index contributed by atoms with van der Waals surface area (Å²) in [5.41, 5.74) is 1.28. The maximum Gasteiger partial charge on any atom is 0.0417 e. The first-order chi connectivity index (χ1) is 9.15. The Morgan fingerprint density at radius 2 is 1.84 bits per heavy atom. The maximum absolute atomic E-state index is 6.11. The molecular formula is C16H18ClNS. The fourth-order valence-electron chi connectivity index (χ4n) is 1.70. The molecule has 0 aromatic heterocycles. The highest BCUT2D eigenvalue weighted by Crippen LogP contribution is 2.32. The number of halogens is 1. The van der Waals surface area contributed by atoms with E-state index < -0.39 is 0 Å². The van der Waals surface area contributed by atoms with Crippen LogP contribution in [0.5, 0.6) is 0 Å². The van der Waals surface area contributed by atoms with Crippen LogP contribution in [-0.2, 0) is 6.54 Å². The van der Waals surface area contributed by atoms with Gasteiger partial charge in [0.25, 0.3) is 0 Å². The topological polar surface area (TPSA) is 12.0 Å². The van der Waals surface area contributed by atoms with Gasteiger partial charge < -0.3 is 5.32 Å². The number of nitrogens with one attached hydrogen (secondary N) is 1. The predicted octanol–water partition coefficient (Wildman–Crippen LogP) is 4.99. The lowest BCUT2D eigenvalue weighted by Crippen LogP contribution is -2.22. The third kappa shape index (κ3) is 4.57. The van der Waals surface area contributed by atoms with Crippen molar-refractivity contribution in [1.29, 1.82) is 0 Å². The fraction of sp³-hybridized carbons (Fsp3) is 0.250. The van der Waals surface area contributed by atoms with Crippen LogP contribution in [0.1, 0.15) is 19.4 Å². The van der Waals surface area contributed by atoms with Crippen LogP contribution in [0.2, 0.25) is 5.02 Å². The smallest absolute Gasteiger partial charge is 0.0417 e. The predicted molar refractivity (Wildman–Crippen MR) is 84.0 cm³/mol. The maximum atomic E-state index is 6.11. The first-order valence-electron chi connectivity index (χ1n) is 6.40. The Labute approximate surface area is 124 Å². The van der Waals surface area contributed by atoms with Crippen molar-refractivity contribution in [3.05, 3.63) is 59.1 Å². The highest BCUT2D eigenvalue weighted by molar-refractivity contribution is 7.99. The molecule has 1 N–H and O–H groups in total. The number of hydrogen-bond donors (Lipinski definition) is 1. The molecule has 2 aromatic carbocycles. The van der Waals surface area contributed by atoms with E-state index >= 15 is 0 Å². The quantitative estimate of drug-likeness (QED) is 0.833. The van der Waals surface area contributed by atoms with E-state index in [9.17, 15) is 0 Å². The Balaban J connectivity index is 2.19. The van der Waals surface area contributed by atoms with Gasteiger partial charge >= 0.3 is 0 Å². The van der Waals surface area contributed by atoms with Crippen LogP contribution in [0.3, 0.4) is 0 Å².